The van der Waals surface area contributed by atoms with Crippen molar-refractivity contribution < 1.29 is 18.7 Å². The summed E-state index contributed by atoms with van der Waals surface area (Å²) in [5.74, 6) is 0.335. The van der Waals surface area contributed by atoms with Gasteiger partial charge in [-0.25, -0.2) is 9.18 Å². The molecule has 0 spiro atoms. The Morgan fingerprint density at radius 3 is 2.33 bits per heavy atom. The number of carbonyl (C=O) groups excluding carboxylic acids is 1. The number of urea groups is 1. The van der Waals surface area contributed by atoms with Crippen molar-refractivity contribution in [2.45, 2.75) is 19.8 Å². The summed E-state index contributed by atoms with van der Waals surface area (Å²) in [6.45, 7) is 4.88. The molecule has 5 nitrogen and oxygen atoms in total. The molecule has 2 N–H and O–H groups in total. The molecule has 0 saturated heterocycles. The largest absolute Gasteiger partial charge is 0.494 e. The molecule has 1 aromatic rings. The van der Waals surface area contributed by atoms with Crippen LogP contribution >= 0.6 is 0 Å². The second-order valence-corrected chi connectivity index (χ2v) is 4.39. The van der Waals surface area contributed by atoms with Gasteiger partial charge in [-0.3, -0.25) is 0 Å². The van der Waals surface area contributed by atoms with Gasteiger partial charge in [0, 0.05) is 26.3 Å². The Bertz CT molecular complexity index is 398. The topological polar surface area (TPSA) is 59.6 Å². The van der Waals surface area contributed by atoms with Crippen molar-refractivity contribution in [1.29, 1.82) is 0 Å². The average Bonchev–Trinajstić information content (AvgIpc) is 2.48. The Labute approximate surface area is 124 Å². The summed E-state index contributed by atoms with van der Waals surface area (Å²) < 4.78 is 23.3. The lowest BCUT2D eigenvalue weighted by molar-refractivity contribution is 0.145. The molecule has 118 valence electrons. The fourth-order valence-electron chi connectivity index (χ4n) is 1.58. The van der Waals surface area contributed by atoms with Crippen molar-refractivity contribution in [3.05, 3.63) is 30.1 Å². The standard InChI is InChI=1S/C15H23FN2O3/c1-2-20-11-3-9-17-15(19)18-10-4-12-21-14-7-5-13(16)6-8-14/h5-8H,2-4,9-12H2,1H3,(H2,17,18,19). The number of ether oxygens (including phenoxy) is 2. The van der Waals surface area contributed by atoms with Crippen LogP contribution in [0.1, 0.15) is 19.8 Å². The SMILES string of the molecule is CCOCCCNC(=O)NCCCOc1ccc(F)cc1. The zero-order valence-electron chi connectivity index (χ0n) is 12.4. The van der Waals surface area contributed by atoms with Crippen LogP contribution in [0.15, 0.2) is 24.3 Å². The molecular weight excluding hydrogens is 275 g/mol. The van der Waals surface area contributed by atoms with E-state index in [2.05, 4.69) is 10.6 Å². The van der Waals surface area contributed by atoms with E-state index in [4.69, 9.17) is 9.47 Å². The number of benzene rings is 1. The van der Waals surface area contributed by atoms with E-state index in [0.717, 1.165) is 6.42 Å². The van der Waals surface area contributed by atoms with Crippen LogP contribution < -0.4 is 15.4 Å². The molecule has 0 unspecified atom stereocenters. The first-order chi connectivity index (χ1) is 10.2. The van der Waals surface area contributed by atoms with E-state index < -0.39 is 0 Å². The molecule has 0 bridgehead atoms. The van der Waals surface area contributed by atoms with Crippen LogP contribution in [-0.4, -0.2) is 38.9 Å². The molecule has 6 heteroatoms. The molecule has 0 aliphatic heterocycles. The molecule has 0 saturated carbocycles. The lowest BCUT2D eigenvalue weighted by Gasteiger charge is -2.08. The zero-order valence-corrected chi connectivity index (χ0v) is 12.4. The molecule has 0 aliphatic rings. The number of halogens is 1. The van der Waals surface area contributed by atoms with Crippen molar-refractivity contribution in [2.24, 2.45) is 0 Å². The van der Waals surface area contributed by atoms with Crippen molar-refractivity contribution in [3.63, 3.8) is 0 Å². The second kappa shape index (κ2) is 10.9. The van der Waals surface area contributed by atoms with Crippen molar-refractivity contribution in [3.8, 4) is 5.75 Å². The van der Waals surface area contributed by atoms with E-state index in [1.807, 2.05) is 6.92 Å². The first kappa shape index (κ1) is 17.2. The maximum absolute atomic E-state index is 12.7. The predicted molar refractivity (Wildman–Crippen MR) is 79.0 cm³/mol. The third kappa shape index (κ3) is 8.86. The van der Waals surface area contributed by atoms with E-state index >= 15 is 0 Å². The smallest absolute Gasteiger partial charge is 0.314 e. The summed E-state index contributed by atoms with van der Waals surface area (Å²) in [4.78, 5) is 11.4. The molecule has 0 fully saturated rings. The number of carbonyl (C=O) groups is 1. The normalized spacial score (nSPS) is 10.2. The summed E-state index contributed by atoms with van der Waals surface area (Å²) in [5, 5.41) is 5.48. The molecular formula is C15H23FN2O3. The van der Waals surface area contributed by atoms with Crippen LogP contribution in [0, 0.1) is 5.82 Å². The third-order valence-electron chi connectivity index (χ3n) is 2.64. The zero-order chi connectivity index (χ0) is 15.3. The minimum absolute atomic E-state index is 0.187. The third-order valence-corrected chi connectivity index (χ3v) is 2.64. The molecule has 0 heterocycles. The Kier molecular flexibility index (Phi) is 8.95. The number of hydrogen-bond donors (Lipinski definition) is 2. The summed E-state index contributed by atoms with van der Waals surface area (Å²) in [7, 11) is 0. The highest BCUT2D eigenvalue weighted by atomic mass is 19.1. The van der Waals surface area contributed by atoms with E-state index in [0.29, 0.717) is 45.1 Å². The van der Waals surface area contributed by atoms with Crippen molar-refractivity contribution >= 4 is 6.03 Å². The molecule has 0 atom stereocenters. The summed E-state index contributed by atoms with van der Waals surface area (Å²) >= 11 is 0. The van der Waals surface area contributed by atoms with E-state index in [9.17, 15) is 9.18 Å². The fraction of sp³-hybridized carbons (Fsp3) is 0.533. The summed E-state index contributed by atoms with van der Waals surface area (Å²) in [6, 6.07) is 5.67. The highest BCUT2D eigenvalue weighted by molar-refractivity contribution is 5.73. The molecule has 0 aliphatic carbocycles. The van der Waals surface area contributed by atoms with Crippen LogP contribution in [0.25, 0.3) is 0 Å². The monoisotopic (exact) mass is 298 g/mol. The van der Waals surface area contributed by atoms with Gasteiger partial charge in [-0.2, -0.15) is 0 Å². The predicted octanol–water partition coefficient (Wildman–Crippen LogP) is 2.32. The molecule has 1 rings (SSSR count). The average molecular weight is 298 g/mol. The number of amides is 2. The lowest BCUT2D eigenvalue weighted by Crippen LogP contribution is -2.37. The van der Waals surface area contributed by atoms with Crippen LogP contribution in [0.2, 0.25) is 0 Å². The maximum atomic E-state index is 12.7. The maximum Gasteiger partial charge on any atom is 0.314 e. The minimum Gasteiger partial charge on any atom is -0.494 e. The van der Waals surface area contributed by atoms with Gasteiger partial charge >= 0.3 is 6.03 Å². The van der Waals surface area contributed by atoms with Crippen LogP contribution in [0.4, 0.5) is 9.18 Å². The number of hydrogen-bond acceptors (Lipinski definition) is 3. The summed E-state index contributed by atoms with van der Waals surface area (Å²) in [5.41, 5.74) is 0. The van der Waals surface area contributed by atoms with Gasteiger partial charge in [0.25, 0.3) is 0 Å². The highest BCUT2D eigenvalue weighted by Crippen LogP contribution is 2.10. The van der Waals surface area contributed by atoms with Gasteiger partial charge in [-0.1, -0.05) is 0 Å². The molecule has 0 aromatic heterocycles. The van der Waals surface area contributed by atoms with Gasteiger partial charge in [0.15, 0.2) is 0 Å². The number of nitrogens with one attached hydrogen (secondary N) is 2. The van der Waals surface area contributed by atoms with Crippen LogP contribution in [0.3, 0.4) is 0 Å². The van der Waals surface area contributed by atoms with E-state index in [1.165, 1.54) is 12.1 Å². The Morgan fingerprint density at radius 2 is 1.71 bits per heavy atom. The van der Waals surface area contributed by atoms with Crippen molar-refractivity contribution in [1.82, 2.24) is 10.6 Å². The molecule has 2 amide bonds. The van der Waals surface area contributed by atoms with Crippen LogP contribution in [-0.2, 0) is 4.74 Å². The fourth-order valence-corrected chi connectivity index (χ4v) is 1.58. The number of rotatable bonds is 10. The van der Waals surface area contributed by atoms with Gasteiger partial charge in [0.2, 0.25) is 0 Å². The van der Waals surface area contributed by atoms with Gasteiger partial charge in [-0.05, 0) is 44.0 Å². The van der Waals surface area contributed by atoms with Gasteiger partial charge in [-0.15, -0.1) is 0 Å². The van der Waals surface area contributed by atoms with E-state index in [-0.39, 0.29) is 11.8 Å². The van der Waals surface area contributed by atoms with Gasteiger partial charge in [0.1, 0.15) is 11.6 Å². The molecule has 1 aromatic carbocycles. The minimum atomic E-state index is -0.287. The first-order valence-electron chi connectivity index (χ1n) is 7.20. The molecule has 0 radical (unpaired) electrons. The van der Waals surface area contributed by atoms with E-state index in [1.54, 1.807) is 12.1 Å². The van der Waals surface area contributed by atoms with Crippen molar-refractivity contribution in [2.75, 3.05) is 32.9 Å². The Hall–Kier alpha value is -1.82. The van der Waals surface area contributed by atoms with Crippen LogP contribution in [0.5, 0.6) is 5.75 Å². The lowest BCUT2D eigenvalue weighted by atomic mass is 10.3. The Balaban J connectivity index is 1.96. The van der Waals surface area contributed by atoms with Gasteiger partial charge < -0.3 is 20.1 Å². The summed E-state index contributed by atoms with van der Waals surface area (Å²) in [6.07, 6.45) is 1.48. The first-order valence-corrected chi connectivity index (χ1v) is 7.20. The Morgan fingerprint density at radius 1 is 1.10 bits per heavy atom. The second-order valence-electron chi connectivity index (χ2n) is 4.39. The molecule has 21 heavy (non-hydrogen) atoms. The van der Waals surface area contributed by atoms with Gasteiger partial charge in [0.05, 0.1) is 6.61 Å². The highest BCUT2D eigenvalue weighted by Gasteiger charge is 1.99. The quantitative estimate of drug-likeness (QED) is 0.652.